The zero-order valence-electron chi connectivity index (χ0n) is 27.6. The van der Waals surface area contributed by atoms with Gasteiger partial charge in [0.05, 0.1) is 18.9 Å². The van der Waals surface area contributed by atoms with Crippen LogP contribution in [-0.4, -0.2) is 23.7 Å². The molecule has 0 radical (unpaired) electrons. The predicted molar refractivity (Wildman–Crippen MR) is 176 cm³/mol. The number of esters is 1. The summed E-state index contributed by atoms with van der Waals surface area (Å²) in [6.07, 6.45) is 41.2. The lowest BCUT2D eigenvalue weighted by Gasteiger charge is -2.12. The fourth-order valence-electron chi connectivity index (χ4n) is 5.59. The van der Waals surface area contributed by atoms with Crippen molar-refractivity contribution in [3.05, 3.63) is 12.2 Å². The van der Waals surface area contributed by atoms with Gasteiger partial charge in [0.2, 0.25) is 0 Å². The van der Waals surface area contributed by atoms with E-state index in [2.05, 4.69) is 19.1 Å². The summed E-state index contributed by atoms with van der Waals surface area (Å²) in [6, 6.07) is 0. The molecule has 0 rings (SSSR count). The van der Waals surface area contributed by atoms with Gasteiger partial charge in [-0.05, 0) is 32.1 Å². The molecule has 242 valence electrons. The Morgan fingerprint density at radius 2 is 0.902 bits per heavy atom. The molecule has 0 aliphatic heterocycles. The van der Waals surface area contributed by atoms with Crippen molar-refractivity contribution in [3.8, 4) is 0 Å². The van der Waals surface area contributed by atoms with E-state index in [-0.39, 0.29) is 12.4 Å². The molecule has 0 saturated heterocycles. The number of hydrogen-bond donors (Lipinski definition) is 1. The molecule has 4 nitrogen and oxygen atoms in total. The van der Waals surface area contributed by atoms with Gasteiger partial charge in [-0.2, -0.15) is 0 Å². The Labute approximate surface area is 255 Å². The van der Waals surface area contributed by atoms with Crippen LogP contribution in [0.3, 0.4) is 0 Å². The molecule has 0 fully saturated rings. The molecular weight excluding hydrogens is 508 g/mol. The summed E-state index contributed by atoms with van der Waals surface area (Å²) in [6.45, 7) is 4.59. The molecule has 0 aliphatic carbocycles. The van der Waals surface area contributed by atoms with E-state index in [0.29, 0.717) is 13.0 Å². The van der Waals surface area contributed by atoms with E-state index in [0.717, 1.165) is 19.3 Å². The van der Waals surface area contributed by atoms with Crippen LogP contribution in [-0.2, 0) is 14.3 Å². The zero-order chi connectivity index (χ0) is 30.1. The van der Waals surface area contributed by atoms with Crippen molar-refractivity contribution in [2.45, 2.75) is 200 Å². The third kappa shape index (κ3) is 31.4. The minimum atomic E-state index is -0.937. The molecule has 1 unspecified atom stereocenters. The van der Waals surface area contributed by atoms with Crippen molar-refractivity contribution >= 4 is 11.9 Å². The Balaban J connectivity index is 3.34. The maximum absolute atomic E-state index is 12.0. The number of unbranched alkanes of at least 4 members (excludes halogenated alkanes) is 24. The molecule has 0 aromatic rings. The fraction of sp³-hybridized carbons (Fsp3) is 0.892. The number of carboxylic acid groups (broad SMARTS) is 1. The first-order valence-corrected chi connectivity index (χ1v) is 18.1. The summed E-state index contributed by atoms with van der Waals surface area (Å²) in [7, 11) is 0. The first-order valence-electron chi connectivity index (χ1n) is 18.1. The van der Waals surface area contributed by atoms with Gasteiger partial charge in [0.1, 0.15) is 0 Å². The van der Waals surface area contributed by atoms with Gasteiger partial charge in [0.25, 0.3) is 0 Å². The van der Waals surface area contributed by atoms with Gasteiger partial charge in [-0.1, -0.05) is 174 Å². The van der Waals surface area contributed by atoms with Crippen molar-refractivity contribution in [3.63, 3.8) is 0 Å². The second-order valence-corrected chi connectivity index (χ2v) is 12.4. The minimum absolute atomic E-state index is 0.143. The van der Waals surface area contributed by atoms with Crippen molar-refractivity contribution in [1.29, 1.82) is 0 Å². The molecular formula is C37H70O4. The van der Waals surface area contributed by atoms with Crippen molar-refractivity contribution < 1.29 is 19.4 Å². The zero-order valence-corrected chi connectivity index (χ0v) is 27.6. The van der Waals surface area contributed by atoms with E-state index >= 15 is 0 Å². The summed E-state index contributed by atoms with van der Waals surface area (Å²) < 4.78 is 5.14. The third-order valence-electron chi connectivity index (χ3n) is 8.28. The number of carbonyl (C=O) groups excluding carboxylic acids is 1. The number of allylic oxidation sites excluding steroid dienone is 2. The monoisotopic (exact) mass is 579 g/mol. The van der Waals surface area contributed by atoms with Gasteiger partial charge in [-0.3, -0.25) is 9.59 Å². The van der Waals surface area contributed by atoms with E-state index in [1.54, 1.807) is 0 Å². The lowest BCUT2D eigenvalue weighted by molar-refractivity contribution is -0.153. The molecule has 0 aromatic heterocycles. The molecule has 0 aromatic carbocycles. The quantitative estimate of drug-likeness (QED) is 0.0478. The Morgan fingerprint density at radius 1 is 0.537 bits per heavy atom. The van der Waals surface area contributed by atoms with Gasteiger partial charge >= 0.3 is 11.9 Å². The molecule has 0 aliphatic rings. The summed E-state index contributed by atoms with van der Waals surface area (Å²) >= 11 is 0. The van der Waals surface area contributed by atoms with Crippen LogP contribution in [0.5, 0.6) is 0 Å². The van der Waals surface area contributed by atoms with Gasteiger partial charge in [0.15, 0.2) is 0 Å². The fourth-order valence-corrected chi connectivity index (χ4v) is 5.59. The second kappa shape index (κ2) is 33.2. The predicted octanol–water partition coefficient (Wildman–Crippen LogP) is 12.1. The molecule has 0 amide bonds. The highest BCUT2D eigenvalue weighted by Gasteiger charge is 2.22. The van der Waals surface area contributed by atoms with Crippen molar-refractivity contribution in [2.24, 2.45) is 5.92 Å². The second-order valence-electron chi connectivity index (χ2n) is 12.4. The van der Waals surface area contributed by atoms with Crippen LogP contribution in [0.2, 0.25) is 0 Å². The number of hydrogen-bond acceptors (Lipinski definition) is 3. The Bertz CT molecular complexity index is 585. The molecule has 41 heavy (non-hydrogen) atoms. The smallest absolute Gasteiger partial charge is 0.309 e. The average Bonchev–Trinajstić information content (AvgIpc) is 2.96. The van der Waals surface area contributed by atoms with E-state index < -0.39 is 11.9 Å². The molecule has 1 atom stereocenters. The van der Waals surface area contributed by atoms with E-state index in [9.17, 15) is 9.59 Å². The topological polar surface area (TPSA) is 63.6 Å². The lowest BCUT2D eigenvalue weighted by atomic mass is 9.99. The number of rotatable bonds is 33. The maximum atomic E-state index is 12.0. The Hall–Kier alpha value is -1.32. The molecule has 0 spiro atoms. The van der Waals surface area contributed by atoms with Crippen LogP contribution < -0.4 is 0 Å². The number of ether oxygens (including phenoxy) is 1. The molecule has 1 N–H and O–H groups in total. The molecule has 0 bridgehead atoms. The van der Waals surface area contributed by atoms with Gasteiger partial charge < -0.3 is 9.84 Å². The summed E-state index contributed by atoms with van der Waals surface area (Å²) in [5, 5.41) is 9.04. The van der Waals surface area contributed by atoms with Gasteiger partial charge in [-0.15, -0.1) is 0 Å². The SMILES string of the molecule is CCCCCCCCCCCCCCCCCCCCCCCCCC/C=C/CCC(CC(=O)O)C(=O)OCCC. The summed E-state index contributed by atoms with van der Waals surface area (Å²) in [4.78, 5) is 23.0. The van der Waals surface area contributed by atoms with E-state index in [1.807, 2.05) is 6.92 Å². The van der Waals surface area contributed by atoms with Gasteiger partial charge in [-0.25, -0.2) is 0 Å². The van der Waals surface area contributed by atoms with Crippen LogP contribution in [0, 0.1) is 5.92 Å². The van der Waals surface area contributed by atoms with Crippen molar-refractivity contribution in [1.82, 2.24) is 0 Å². The van der Waals surface area contributed by atoms with Crippen LogP contribution in [0.25, 0.3) is 0 Å². The van der Waals surface area contributed by atoms with Gasteiger partial charge in [0, 0.05) is 0 Å². The average molecular weight is 579 g/mol. The number of carbonyl (C=O) groups is 2. The van der Waals surface area contributed by atoms with E-state index in [4.69, 9.17) is 9.84 Å². The van der Waals surface area contributed by atoms with Crippen LogP contribution in [0.1, 0.15) is 200 Å². The highest BCUT2D eigenvalue weighted by atomic mass is 16.5. The Kier molecular flexibility index (Phi) is 32.1. The standard InChI is InChI=1S/C37H70O4/c1-3-5-6-7-8-9-10-11-12-13-14-15-16-17-18-19-20-21-22-23-24-25-26-27-28-29-30-31-32-35(34-36(38)39)37(40)41-33-4-2/h29-30,35H,3-28,31-34H2,1-2H3,(H,38,39)/b30-29+. The van der Waals surface area contributed by atoms with Crippen molar-refractivity contribution in [2.75, 3.05) is 6.61 Å². The van der Waals surface area contributed by atoms with E-state index in [1.165, 1.54) is 154 Å². The normalized spacial score (nSPS) is 12.2. The highest BCUT2D eigenvalue weighted by Crippen LogP contribution is 2.17. The highest BCUT2D eigenvalue weighted by molar-refractivity contribution is 5.79. The number of aliphatic carboxylic acids is 1. The van der Waals surface area contributed by atoms with Crippen LogP contribution in [0.15, 0.2) is 12.2 Å². The molecule has 0 saturated carbocycles. The third-order valence-corrected chi connectivity index (χ3v) is 8.28. The summed E-state index contributed by atoms with van der Waals surface area (Å²) in [5.74, 6) is -1.84. The molecule has 4 heteroatoms. The first kappa shape index (κ1) is 39.7. The first-order chi connectivity index (χ1) is 20.1. The lowest BCUT2D eigenvalue weighted by Crippen LogP contribution is -2.21. The summed E-state index contributed by atoms with van der Waals surface area (Å²) in [5.41, 5.74) is 0. The largest absolute Gasteiger partial charge is 0.481 e. The minimum Gasteiger partial charge on any atom is -0.481 e. The molecule has 0 heterocycles. The van der Waals surface area contributed by atoms with Crippen LogP contribution in [0.4, 0.5) is 0 Å². The number of carboxylic acids is 1. The maximum Gasteiger partial charge on any atom is 0.309 e. The van der Waals surface area contributed by atoms with Crippen LogP contribution >= 0.6 is 0 Å². The Morgan fingerprint density at radius 3 is 1.27 bits per heavy atom.